The van der Waals surface area contributed by atoms with Crippen LogP contribution in [0.5, 0.6) is 0 Å². The summed E-state index contributed by atoms with van der Waals surface area (Å²) < 4.78 is 12.6. The number of thiophene rings is 1. The van der Waals surface area contributed by atoms with Crippen LogP contribution in [0.15, 0.2) is 64.3 Å². The van der Waals surface area contributed by atoms with Gasteiger partial charge in [0.15, 0.2) is 0 Å². The summed E-state index contributed by atoms with van der Waals surface area (Å²) in [4.78, 5) is 18.1. The van der Waals surface area contributed by atoms with Crippen LogP contribution in [0.3, 0.4) is 0 Å². The zero-order valence-electron chi connectivity index (χ0n) is 14.7. The van der Waals surface area contributed by atoms with Crippen LogP contribution in [0.4, 0.5) is 0 Å². The molecular formula is C20H17ClN2O4S. The fourth-order valence-corrected chi connectivity index (χ4v) is 3.99. The number of aromatic nitrogens is 2. The lowest BCUT2D eigenvalue weighted by atomic mass is 10.2. The predicted molar refractivity (Wildman–Crippen MR) is 109 cm³/mol. The van der Waals surface area contributed by atoms with E-state index in [1.165, 1.54) is 22.2 Å². The van der Waals surface area contributed by atoms with Crippen LogP contribution in [0.2, 0.25) is 5.02 Å². The molecule has 3 aromatic heterocycles. The molecule has 1 unspecified atom stereocenters. The van der Waals surface area contributed by atoms with Gasteiger partial charge in [-0.15, -0.1) is 11.3 Å². The molecule has 0 bridgehead atoms. The van der Waals surface area contributed by atoms with E-state index in [9.17, 15) is 9.90 Å². The number of aliphatic hydroxyl groups excluding tert-OH is 1. The molecular weight excluding hydrogens is 400 g/mol. The minimum atomic E-state index is -0.831. The van der Waals surface area contributed by atoms with Crippen LogP contribution >= 0.6 is 22.9 Å². The Morgan fingerprint density at radius 3 is 2.86 bits per heavy atom. The van der Waals surface area contributed by atoms with E-state index in [0.717, 1.165) is 10.4 Å². The van der Waals surface area contributed by atoms with E-state index in [4.69, 9.17) is 20.8 Å². The molecule has 144 valence electrons. The fraction of sp³-hybridized carbons (Fsp3) is 0.200. The van der Waals surface area contributed by atoms with Crippen LogP contribution in [-0.2, 0) is 17.9 Å². The van der Waals surface area contributed by atoms with Crippen molar-refractivity contribution in [2.24, 2.45) is 0 Å². The van der Waals surface area contributed by atoms with Crippen molar-refractivity contribution in [1.29, 1.82) is 0 Å². The topological polar surface area (TPSA) is 77.5 Å². The lowest BCUT2D eigenvalue weighted by Gasteiger charge is -2.12. The second-order valence-electron chi connectivity index (χ2n) is 6.28. The highest BCUT2D eigenvalue weighted by molar-refractivity contribution is 7.22. The molecule has 1 N–H and O–H groups in total. The van der Waals surface area contributed by atoms with Gasteiger partial charge in [-0.05, 0) is 35.9 Å². The second kappa shape index (κ2) is 8.28. The highest BCUT2D eigenvalue weighted by Crippen LogP contribution is 2.31. The Morgan fingerprint density at radius 2 is 2.11 bits per heavy atom. The van der Waals surface area contributed by atoms with Gasteiger partial charge in [0.05, 0.1) is 37.4 Å². The maximum absolute atomic E-state index is 12.8. The number of nitrogens with zero attached hydrogens (tertiary/aromatic N) is 2. The summed E-state index contributed by atoms with van der Waals surface area (Å²) in [6, 6.07) is 12.9. The lowest BCUT2D eigenvalue weighted by molar-refractivity contribution is 0.0142. The number of aliphatic hydroxyl groups is 1. The summed E-state index contributed by atoms with van der Waals surface area (Å²) in [5, 5.41) is 10.8. The molecule has 0 saturated heterocycles. The minimum Gasteiger partial charge on any atom is -0.467 e. The maximum atomic E-state index is 12.8. The van der Waals surface area contributed by atoms with Gasteiger partial charge in [0, 0.05) is 9.90 Å². The van der Waals surface area contributed by atoms with Gasteiger partial charge >= 0.3 is 0 Å². The first-order chi connectivity index (χ1) is 13.6. The number of fused-ring (bicyclic) bond motifs is 1. The van der Waals surface area contributed by atoms with Gasteiger partial charge in [-0.25, -0.2) is 4.98 Å². The van der Waals surface area contributed by atoms with Crippen molar-refractivity contribution in [3.8, 4) is 10.4 Å². The molecule has 3 heterocycles. The third kappa shape index (κ3) is 4.18. The molecule has 0 radical (unpaired) electrons. The lowest BCUT2D eigenvalue weighted by Crippen LogP contribution is -2.29. The molecule has 0 saturated carbocycles. The highest BCUT2D eigenvalue weighted by atomic mass is 35.5. The largest absolute Gasteiger partial charge is 0.467 e. The van der Waals surface area contributed by atoms with Crippen LogP contribution < -0.4 is 5.56 Å². The average molecular weight is 417 g/mol. The SMILES string of the molecule is O=c1c2sc(-c3ccc(Cl)cc3)cc2ncn1CC(O)COCc1ccco1. The van der Waals surface area contributed by atoms with E-state index in [2.05, 4.69) is 4.98 Å². The van der Waals surface area contributed by atoms with Gasteiger partial charge in [0.25, 0.3) is 5.56 Å². The van der Waals surface area contributed by atoms with Crippen molar-refractivity contribution < 1.29 is 14.3 Å². The van der Waals surface area contributed by atoms with Crippen LogP contribution in [0.1, 0.15) is 5.76 Å². The highest BCUT2D eigenvalue weighted by Gasteiger charge is 2.13. The number of rotatable bonds is 7. The molecule has 1 atom stereocenters. The Morgan fingerprint density at radius 1 is 1.29 bits per heavy atom. The van der Waals surface area contributed by atoms with E-state index in [0.29, 0.717) is 21.0 Å². The van der Waals surface area contributed by atoms with Crippen molar-refractivity contribution in [2.75, 3.05) is 6.61 Å². The van der Waals surface area contributed by atoms with Crippen molar-refractivity contribution in [3.63, 3.8) is 0 Å². The minimum absolute atomic E-state index is 0.0889. The van der Waals surface area contributed by atoms with E-state index >= 15 is 0 Å². The number of hydrogen-bond acceptors (Lipinski definition) is 6. The molecule has 0 aliphatic carbocycles. The standard InChI is InChI=1S/C20H17ClN2O4S/c21-14-5-3-13(4-6-14)18-8-17-19(28-18)20(25)23(12-22-17)9-15(24)10-26-11-16-2-1-7-27-16/h1-8,12,15,24H,9-11H2. The summed E-state index contributed by atoms with van der Waals surface area (Å²) in [6.45, 7) is 0.464. The van der Waals surface area contributed by atoms with Gasteiger partial charge < -0.3 is 14.3 Å². The van der Waals surface area contributed by atoms with Crippen LogP contribution in [0.25, 0.3) is 20.7 Å². The van der Waals surface area contributed by atoms with Crippen LogP contribution in [-0.4, -0.2) is 27.4 Å². The average Bonchev–Trinajstić information content (AvgIpc) is 3.35. The third-order valence-electron chi connectivity index (χ3n) is 4.17. The first-order valence-corrected chi connectivity index (χ1v) is 9.83. The summed E-state index contributed by atoms with van der Waals surface area (Å²) in [5.41, 5.74) is 1.43. The van der Waals surface area contributed by atoms with E-state index in [1.54, 1.807) is 18.4 Å². The Labute approximate surface area is 169 Å². The molecule has 0 amide bonds. The fourth-order valence-electron chi connectivity index (χ4n) is 2.80. The molecule has 8 heteroatoms. The molecule has 0 fully saturated rings. The molecule has 28 heavy (non-hydrogen) atoms. The molecule has 6 nitrogen and oxygen atoms in total. The monoisotopic (exact) mass is 416 g/mol. The molecule has 0 aliphatic heterocycles. The van der Waals surface area contributed by atoms with Gasteiger partial charge in [-0.1, -0.05) is 23.7 Å². The Balaban J connectivity index is 1.47. The Kier molecular flexibility index (Phi) is 5.59. The molecule has 4 aromatic rings. The molecule has 0 aliphatic rings. The first kappa shape index (κ1) is 18.9. The van der Waals surface area contributed by atoms with Crippen LogP contribution in [0, 0.1) is 0 Å². The Hall–Kier alpha value is -2.45. The quantitative estimate of drug-likeness (QED) is 0.493. The van der Waals surface area contributed by atoms with E-state index in [-0.39, 0.29) is 25.3 Å². The number of halogens is 1. The van der Waals surface area contributed by atoms with Gasteiger partial charge in [-0.3, -0.25) is 9.36 Å². The number of hydrogen-bond donors (Lipinski definition) is 1. The zero-order valence-corrected chi connectivity index (χ0v) is 16.3. The molecule has 4 rings (SSSR count). The van der Waals surface area contributed by atoms with E-state index < -0.39 is 6.10 Å². The summed E-state index contributed by atoms with van der Waals surface area (Å²) >= 11 is 7.31. The normalized spacial score (nSPS) is 12.5. The summed E-state index contributed by atoms with van der Waals surface area (Å²) in [7, 11) is 0. The van der Waals surface area contributed by atoms with Gasteiger partial charge in [0.2, 0.25) is 0 Å². The molecule has 1 aromatic carbocycles. The maximum Gasteiger partial charge on any atom is 0.271 e. The van der Waals surface area contributed by atoms with Gasteiger partial charge in [-0.2, -0.15) is 0 Å². The number of ether oxygens (including phenoxy) is 1. The summed E-state index contributed by atoms with van der Waals surface area (Å²) in [5.74, 6) is 0.681. The van der Waals surface area contributed by atoms with E-state index in [1.807, 2.05) is 30.3 Å². The Bertz CT molecular complexity index is 1120. The van der Waals surface area contributed by atoms with Crippen molar-refractivity contribution in [2.45, 2.75) is 19.3 Å². The van der Waals surface area contributed by atoms with Crippen molar-refractivity contribution >= 4 is 33.2 Å². The van der Waals surface area contributed by atoms with Crippen molar-refractivity contribution in [1.82, 2.24) is 9.55 Å². The van der Waals surface area contributed by atoms with Gasteiger partial charge in [0.1, 0.15) is 17.1 Å². The molecule has 0 spiro atoms. The number of benzene rings is 1. The predicted octanol–water partition coefficient (Wildman–Crippen LogP) is 3.95. The zero-order chi connectivity index (χ0) is 19.5. The number of furan rings is 1. The van der Waals surface area contributed by atoms with Crippen molar-refractivity contribution in [3.05, 3.63) is 76.2 Å². The summed E-state index contributed by atoms with van der Waals surface area (Å²) in [6.07, 6.45) is 2.19. The second-order valence-corrected chi connectivity index (χ2v) is 7.77. The first-order valence-electron chi connectivity index (χ1n) is 8.63. The third-order valence-corrected chi connectivity index (χ3v) is 5.59. The smallest absolute Gasteiger partial charge is 0.271 e.